The van der Waals surface area contributed by atoms with Gasteiger partial charge in [-0.05, 0) is 25.1 Å². The summed E-state index contributed by atoms with van der Waals surface area (Å²) in [5.41, 5.74) is 1.37. The molecule has 1 aliphatic heterocycles. The number of nitrogens with one attached hydrogen (secondary N) is 2. The normalized spacial score (nSPS) is 13.8. The highest BCUT2D eigenvalue weighted by Gasteiger charge is 2.23. The zero-order valence-corrected chi connectivity index (χ0v) is 15.1. The maximum absolute atomic E-state index is 13.2. The van der Waals surface area contributed by atoms with E-state index in [4.69, 9.17) is 4.74 Å². The smallest absolute Gasteiger partial charge is 0.413 e. The van der Waals surface area contributed by atoms with Crippen LogP contribution in [-0.4, -0.2) is 41.6 Å². The molecular weight excluding hydrogens is 359 g/mol. The van der Waals surface area contributed by atoms with Gasteiger partial charge in [-0.1, -0.05) is 17.4 Å². The van der Waals surface area contributed by atoms with Crippen molar-refractivity contribution in [2.24, 2.45) is 0 Å². The molecule has 26 heavy (non-hydrogen) atoms. The average Bonchev–Trinajstić information content (AvgIpc) is 2.96. The van der Waals surface area contributed by atoms with Gasteiger partial charge in [0, 0.05) is 30.1 Å². The first-order valence-electron chi connectivity index (χ1n) is 8.23. The van der Waals surface area contributed by atoms with E-state index < -0.39 is 11.9 Å². The lowest BCUT2D eigenvalue weighted by molar-refractivity contribution is -0.117. The molecule has 0 aliphatic carbocycles. The van der Waals surface area contributed by atoms with Gasteiger partial charge in [-0.25, -0.2) is 14.2 Å². The quantitative estimate of drug-likeness (QED) is 0.836. The fourth-order valence-electron chi connectivity index (χ4n) is 2.66. The molecule has 2 aromatic rings. The highest BCUT2D eigenvalue weighted by molar-refractivity contribution is 7.15. The summed E-state index contributed by atoms with van der Waals surface area (Å²) < 4.78 is 18.0. The number of ether oxygens (including phenoxy) is 1. The number of hydrogen-bond donors (Lipinski definition) is 2. The highest BCUT2D eigenvalue weighted by atomic mass is 32.1. The Morgan fingerprint density at radius 2 is 2.23 bits per heavy atom. The van der Waals surface area contributed by atoms with Gasteiger partial charge >= 0.3 is 6.09 Å². The van der Waals surface area contributed by atoms with Crippen molar-refractivity contribution in [1.82, 2.24) is 9.88 Å². The highest BCUT2D eigenvalue weighted by Crippen LogP contribution is 2.28. The summed E-state index contributed by atoms with van der Waals surface area (Å²) >= 11 is 1.38. The number of benzene rings is 1. The molecule has 2 amide bonds. The molecule has 0 fully saturated rings. The van der Waals surface area contributed by atoms with E-state index in [1.54, 1.807) is 19.1 Å². The van der Waals surface area contributed by atoms with Crippen molar-refractivity contribution in [1.29, 1.82) is 0 Å². The molecule has 138 valence electrons. The maximum atomic E-state index is 13.2. The summed E-state index contributed by atoms with van der Waals surface area (Å²) in [4.78, 5) is 31.0. The second kappa shape index (κ2) is 8.24. The number of hydrogen-bond acceptors (Lipinski definition) is 6. The van der Waals surface area contributed by atoms with Crippen molar-refractivity contribution in [3.8, 4) is 0 Å². The van der Waals surface area contributed by atoms with E-state index in [9.17, 15) is 14.0 Å². The third kappa shape index (κ3) is 4.77. The Labute approximate surface area is 154 Å². The number of nitrogens with zero attached hydrogens (tertiary/aromatic N) is 2. The van der Waals surface area contributed by atoms with E-state index in [2.05, 4.69) is 15.6 Å². The minimum atomic E-state index is -0.523. The monoisotopic (exact) mass is 378 g/mol. The topological polar surface area (TPSA) is 83.6 Å². The lowest BCUT2D eigenvalue weighted by Gasteiger charge is -2.25. The van der Waals surface area contributed by atoms with Crippen LogP contribution in [0.4, 0.5) is 20.0 Å². The van der Waals surface area contributed by atoms with Gasteiger partial charge in [-0.3, -0.25) is 15.0 Å². The number of carbonyl (C=O) groups excluding carboxylic acids is 2. The molecule has 0 atom stereocenters. The minimum absolute atomic E-state index is 0.201. The fourth-order valence-corrected chi connectivity index (χ4v) is 3.70. The summed E-state index contributed by atoms with van der Waals surface area (Å²) in [5, 5.41) is 5.80. The van der Waals surface area contributed by atoms with Crippen LogP contribution in [0.15, 0.2) is 24.3 Å². The first-order chi connectivity index (χ1) is 12.5. The molecule has 1 aromatic heterocycles. The van der Waals surface area contributed by atoms with Crippen LogP contribution in [0.5, 0.6) is 0 Å². The van der Waals surface area contributed by atoms with Crippen molar-refractivity contribution in [2.75, 3.05) is 30.3 Å². The molecule has 0 bridgehead atoms. The zero-order chi connectivity index (χ0) is 18.5. The maximum Gasteiger partial charge on any atom is 0.413 e. The SMILES string of the molecule is CCOC(=O)Nc1nc2c(s1)CN(CC(=O)Nc1cccc(F)c1)CC2. The number of anilines is 2. The lowest BCUT2D eigenvalue weighted by atomic mass is 10.2. The molecular formula is C17H19FN4O3S. The third-order valence-corrected chi connectivity index (χ3v) is 4.77. The largest absolute Gasteiger partial charge is 0.450 e. The van der Waals surface area contributed by atoms with Crippen LogP contribution in [0.3, 0.4) is 0 Å². The molecule has 0 radical (unpaired) electrons. The Balaban J connectivity index is 1.55. The van der Waals surface area contributed by atoms with Crippen molar-refractivity contribution < 1.29 is 18.7 Å². The van der Waals surface area contributed by atoms with Crippen LogP contribution >= 0.6 is 11.3 Å². The lowest BCUT2D eigenvalue weighted by Crippen LogP contribution is -2.36. The van der Waals surface area contributed by atoms with Crippen molar-refractivity contribution in [3.05, 3.63) is 40.7 Å². The van der Waals surface area contributed by atoms with E-state index >= 15 is 0 Å². The molecule has 1 aliphatic rings. The van der Waals surface area contributed by atoms with Gasteiger partial charge < -0.3 is 10.1 Å². The third-order valence-electron chi connectivity index (χ3n) is 3.77. The number of aromatic nitrogens is 1. The number of halogens is 1. The van der Waals surface area contributed by atoms with Gasteiger partial charge in [0.25, 0.3) is 0 Å². The Hall–Kier alpha value is -2.52. The molecule has 1 aromatic carbocycles. The van der Waals surface area contributed by atoms with Crippen LogP contribution in [0, 0.1) is 5.82 Å². The molecule has 0 unspecified atom stereocenters. The standard InChI is InChI=1S/C17H19FN4O3S/c1-2-25-17(24)21-16-20-13-6-7-22(9-14(13)26-16)10-15(23)19-12-5-3-4-11(18)8-12/h3-5,8H,2,6-7,9-10H2,1H3,(H,19,23)(H,20,21,24). The molecule has 0 saturated heterocycles. The molecule has 2 heterocycles. The summed E-state index contributed by atoms with van der Waals surface area (Å²) in [5.74, 6) is -0.592. The van der Waals surface area contributed by atoms with Gasteiger partial charge in [0.05, 0.1) is 18.8 Å². The van der Waals surface area contributed by atoms with E-state index in [-0.39, 0.29) is 12.5 Å². The molecule has 7 nitrogen and oxygen atoms in total. The first kappa shape index (κ1) is 18.3. The predicted octanol–water partition coefficient (Wildman–Crippen LogP) is 2.85. The van der Waals surface area contributed by atoms with Gasteiger partial charge in [0.15, 0.2) is 5.13 Å². The van der Waals surface area contributed by atoms with Crippen LogP contribution in [0.25, 0.3) is 0 Å². The van der Waals surface area contributed by atoms with Crippen molar-refractivity contribution in [2.45, 2.75) is 19.9 Å². The number of thiazole rings is 1. The van der Waals surface area contributed by atoms with Crippen LogP contribution < -0.4 is 10.6 Å². The van der Waals surface area contributed by atoms with Crippen LogP contribution in [0.1, 0.15) is 17.5 Å². The molecule has 9 heteroatoms. The second-order valence-corrected chi connectivity index (χ2v) is 6.84. The van der Waals surface area contributed by atoms with E-state index in [0.29, 0.717) is 36.9 Å². The minimum Gasteiger partial charge on any atom is -0.450 e. The second-order valence-electron chi connectivity index (χ2n) is 5.75. The van der Waals surface area contributed by atoms with Gasteiger partial charge in [0.1, 0.15) is 5.82 Å². The number of fused-ring (bicyclic) bond motifs is 1. The molecule has 3 rings (SSSR count). The zero-order valence-electron chi connectivity index (χ0n) is 14.3. The van der Waals surface area contributed by atoms with Crippen molar-refractivity contribution >= 4 is 34.2 Å². The first-order valence-corrected chi connectivity index (χ1v) is 9.05. The molecule has 0 spiro atoms. The van der Waals surface area contributed by atoms with Gasteiger partial charge in [-0.15, -0.1) is 0 Å². The summed E-state index contributed by atoms with van der Waals surface area (Å²) in [7, 11) is 0. The fraction of sp³-hybridized carbons (Fsp3) is 0.353. The Morgan fingerprint density at radius 3 is 3.00 bits per heavy atom. The summed E-state index contributed by atoms with van der Waals surface area (Å²) in [6.45, 7) is 3.50. The van der Waals surface area contributed by atoms with E-state index in [0.717, 1.165) is 10.6 Å². The number of amides is 2. The van der Waals surface area contributed by atoms with Gasteiger partial charge in [0.2, 0.25) is 5.91 Å². The van der Waals surface area contributed by atoms with Crippen molar-refractivity contribution in [3.63, 3.8) is 0 Å². The molecule has 0 saturated carbocycles. The Bertz CT molecular complexity index is 811. The van der Waals surface area contributed by atoms with E-state index in [1.807, 2.05) is 4.90 Å². The summed E-state index contributed by atoms with van der Waals surface area (Å²) in [6.07, 6.45) is 0.175. The van der Waals surface area contributed by atoms with Crippen LogP contribution in [0.2, 0.25) is 0 Å². The molecule has 2 N–H and O–H groups in total. The average molecular weight is 378 g/mol. The Kier molecular flexibility index (Phi) is 5.79. The Morgan fingerprint density at radius 1 is 1.38 bits per heavy atom. The van der Waals surface area contributed by atoms with E-state index in [1.165, 1.54) is 23.5 Å². The van der Waals surface area contributed by atoms with Crippen LogP contribution in [-0.2, 0) is 22.5 Å². The predicted molar refractivity (Wildman–Crippen MR) is 96.8 cm³/mol. The summed E-state index contributed by atoms with van der Waals surface area (Å²) in [6, 6.07) is 5.80. The number of rotatable bonds is 5. The number of carbonyl (C=O) groups is 2. The van der Waals surface area contributed by atoms with Gasteiger partial charge in [-0.2, -0.15) is 0 Å².